The van der Waals surface area contributed by atoms with Gasteiger partial charge in [0, 0.05) is 19.1 Å². The zero-order valence-electron chi connectivity index (χ0n) is 17.6. The van der Waals surface area contributed by atoms with Gasteiger partial charge in [0.05, 0.1) is 17.6 Å². The van der Waals surface area contributed by atoms with Crippen LogP contribution in [0.2, 0.25) is 0 Å². The lowest BCUT2D eigenvalue weighted by Crippen LogP contribution is -2.32. The van der Waals surface area contributed by atoms with Crippen molar-refractivity contribution in [2.24, 2.45) is 0 Å². The molecule has 1 heterocycles. The minimum Gasteiger partial charge on any atom is -0.496 e. The van der Waals surface area contributed by atoms with E-state index in [9.17, 15) is 13.2 Å². The van der Waals surface area contributed by atoms with Gasteiger partial charge in [-0.1, -0.05) is 50.1 Å². The number of likely N-dealkylation sites (tertiary alicyclic amines) is 1. The van der Waals surface area contributed by atoms with Crippen LogP contribution in [-0.2, 0) is 10.0 Å². The molecule has 1 atom stereocenters. The standard InChI is InChI=1S/C23H30N2O4S/c1-3-21(18-11-7-6-8-12-18)24-30(27,28)19-13-14-22(29-2)20(17-19)23(26)25-15-9-4-5-10-16-25/h6-8,11-14,17,21,24H,3-5,9-10,15-16H2,1-2H3/t21-/m0/s1. The topological polar surface area (TPSA) is 75.7 Å². The maximum atomic E-state index is 13.1. The van der Waals surface area contributed by atoms with Crippen LogP contribution < -0.4 is 9.46 Å². The van der Waals surface area contributed by atoms with Crippen molar-refractivity contribution in [1.82, 2.24) is 9.62 Å². The van der Waals surface area contributed by atoms with E-state index in [0.29, 0.717) is 25.3 Å². The summed E-state index contributed by atoms with van der Waals surface area (Å²) in [6, 6.07) is 13.6. The molecule has 1 N–H and O–H groups in total. The van der Waals surface area contributed by atoms with Gasteiger partial charge in [-0.3, -0.25) is 4.79 Å². The highest BCUT2D eigenvalue weighted by molar-refractivity contribution is 7.89. The van der Waals surface area contributed by atoms with Gasteiger partial charge in [0.2, 0.25) is 10.0 Å². The van der Waals surface area contributed by atoms with E-state index in [1.54, 1.807) is 11.0 Å². The molecule has 3 rings (SSSR count). The van der Waals surface area contributed by atoms with Crippen LogP contribution in [0.15, 0.2) is 53.4 Å². The van der Waals surface area contributed by atoms with Gasteiger partial charge in [-0.15, -0.1) is 0 Å². The Bertz CT molecular complexity index is 952. The van der Waals surface area contributed by atoms with E-state index in [1.807, 2.05) is 37.3 Å². The van der Waals surface area contributed by atoms with Crippen molar-refractivity contribution < 1.29 is 17.9 Å². The zero-order valence-corrected chi connectivity index (χ0v) is 18.5. The van der Waals surface area contributed by atoms with Crippen LogP contribution in [0.25, 0.3) is 0 Å². The van der Waals surface area contributed by atoms with Gasteiger partial charge in [0.1, 0.15) is 5.75 Å². The third-order valence-electron chi connectivity index (χ3n) is 5.51. The third-order valence-corrected chi connectivity index (χ3v) is 6.98. The predicted octanol–water partition coefficient (Wildman–Crippen LogP) is 4.14. The summed E-state index contributed by atoms with van der Waals surface area (Å²) in [6.07, 6.45) is 4.75. The van der Waals surface area contributed by atoms with E-state index < -0.39 is 10.0 Å². The fourth-order valence-corrected chi connectivity index (χ4v) is 5.13. The van der Waals surface area contributed by atoms with Crippen molar-refractivity contribution in [2.75, 3.05) is 20.2 Å². The first-order valence-corrected chi connectivity index (χ1v) is 12.0. The molecular weight excluding hydrogens is 400 g/mol. The first-order valence-electron chi connectivity index (χ1n) is 10.5. The van der Waals surface area contributed by atoms with Crippen LogP contribution in [0.4, 0.5) is 0 Å². The number of nitrogens with zero attached hydrogens (tertiary/aromatic N) is 1. The van der Waals surface area contributed by atoms with E-state index in [4.69, 9.17) is 4.74 Å². The van der Waals surface area contributed by atoms with Crippen molar-refractivity contribution in [2.45, 2.75) is 50.0 Å². The molecule has 1 fully saturated rings. The van der Waals surface area contributed by atoms with Crippen LogP contribution in [0.1, 0.15) is 61.0 Å². The molecule has 1 aliphatic heterocycles. The van der Waals surface area contributed by atoms with Crippen LogP contribution >= 0.6 is 0 Å². The average Bonchev–Trinajstić information content (AvgIpc) is 3.06. The van der Waals surface area contributed by atoms with Gasteiger partial charge in [0.25, 0.3) is 5.91 Å². The van der Waals surface area contributed by atoms with E-state index in [2.05, 4.69) is 4.72 Å². The highest BCUT2D eigenvalue weighted by Crippen LogP contribution is 2.27. The summed E-state index contributed by atoms with van der Waals surface area (Å²) in [4.78, 5) is 15.0. The molecule has 162 valence electrons. The summed E-state index contributed by atoms with van der Waals surface area (Å²) in [6.45, 7) is 3.30. The number of sulfonamides is 1. The Labute approximate surface area is 179 Å². The summed E-state index contributed by atoms with van der Waals surface area (Å²) in [7, 11) is -2.33. The van der Waals surface area contributed by atoms with Crippen LogP contribution in [0.3, 0.4) is 0 Å². The molecule has 0 unspecified atom stereocenters. The van der Waals surface area contributed by atoms with E-state index >= 15 is 0 Å². The number of carbonyl (C=O) groups is 1. The lowest BCUT2D eigenvalue weighted by Gasteiger charge is -2.22. The summed E-state index contributed by atoms with van der Waals surface area (Å²) >= 11 is 0. The maximum Gasteiger partial charge on any atom is 0.257 e. The lowest BCUT2D eigenvalue weighted by molar-refractivity contribution is 0.0758. The fraction of sp³-hybridized carbons (Fsp3) is 0.435. The number of carbonyl (C=O) groups excluding carboxylic acids is 1. The molecule has 30 heavy (non-hydrogen) atoms. The molecular formula is C23H30N2O4S. The van der Waals surface area contributed by atoms with E-state index in [1.165, 1.54) is 19.2 Å². The molecule has 2 aromatic rings. The Morgan fingerprint density at radius 3 is 2.33 bits per heavy atom. The number of methoxy groups -OCH3 is 1. The summed E-state index contributed by atoms with van der Waals surface area (Å²) in [5.41, 5.74) is 1.19. The zero-order chi connectivity index (χ0) is 21.6. The molecule has 0 bridgehead atoms. The van der Waals surface area contributed by atoms with Crippen LogP contribution in [-0.4, -0.2) is 39.4 Å². The molecule has 0 aromatic heterocycles. The minimum absolute atomic E-state index is 0.0656. The van der Waals surface area contributed by atoms with Gasteiger partial charge >= 0.3 is 0 Å². The Balaban J connectivity index is 1.89. The summed E-state index contributed by atoms with van der Waals surface area (Å²) < 4.78 is 34.3. The van der Waals surface area contributed by atoms with Crippen LogP contribution in [0, 0.1) is 0 Å². The van der Waals surface area contributed by atoms with Gasteiger partial charge in [-0.2, -0.15) is 0 Å². The van der Waals surface area contributed by atoms with Crippen LogP contribution in [0.5, 0.6) is 5.75 Å². The Kier molecular flexibility index (Phi) is 7.50. The van der Waals surface area contributed by atoms with Gasteiger partial charge in [-0.05, 0) is 43.0 Å². The smallest absolute Gasteiger partial charge is 0.257 e. The van der Waals surface area contributed by atoms with Crippen molar-refractivity contribution >= 4 is 15.9 Å². The molecule has 1 saturated heterocycles. The average molecular weight is 431 g/mol. The molecule has 1 amide bonds. The van der Waals surface area contributed by atoms with Gasteiger partial charge in [-0.25, -0.2) is 13.1 Å². The normalized spacial score (nSPS) is 16.0. The number of hydrogen-bond acceptors (Lipinski definition) is 4. The number of hydrogen-bond donors (Lipinski definition) is 1. The molecule has 0 radical (unpaired) electrons. The van der Waals surface area contributed by atoms with Gasteiger partial charge in [0.15, 0.2) is 0 Å². The highest BCUT2D eigenvalue weighted by Gasteiger charge is 2.25. The maximum absolute atomic E-state index is 13.1. The first kappa shape index (κ1) is 22.3. The number of benzene rings is 2. The fourth-order valence-electron chi connectivity index (χ4n) is 3.79. The lowest BCUT2D eigenvalue weighted by atomic mass is 10.1. The number of ether oxygens (including phenoxy) is 1. The quantitative estimate of drug-likeness (QED) is 0.716. The second-order valence-electron chi connectivity index (χ2n) is 7.56. The van der Waals surface area contributed by atoms with Crippen molar-refractivity contribution in [1.29, 1.82) is 0 Å². The minimum atomic E-state index is -3.81. The second kappa shape index (κ2) is 10.1. The number of rotatable bonds is 7. The van der Waals surface area contributed by atoms with E-state index in [0.717, 1.165) is 31.2 Å². The van der Waals surface area contributed by atoms with Crippen molar-refractivity contribution in [3.63, 3.8) is 0 Å². The SMILES string of the molecule is CC[C@H](NS(=O)(=O)c1ccc(OC)c(C(=O)N2CCCCCC2)c1)c1ccccc1. The first-order chi connectivity index (χ1) is 14.5. The third kappa shape index (κ3) is 5.21. The van der Waals surface area contributed by atoms with Crippen molar-refractivity contribution in [3.05, 3.63) is 59.7 Å². The summed E-state index contributed by atoms with van der Waals surface area (Å²) in [5.74, 6) is 0.208. The van der Waals surface area contributed by atoms with E-state index in [-0.39, 0.29) is 22.4 Å². The highest BCUT2D eigenvalue weighted by atomic mass is 32.2. The Morgan fingerprint density at radius 1 is 1.07 bits per heavy atom. The number of amides is 1. The largest absolute Gasteiger partial charge is 0.496 e. The monoisotopic (exact) mass is 430 g/mol. The molecule has 0 aliphatic carbocycles. The Hall–Kier alpha value is -2.38. The molecule has 1 aliphatic rings. The van der Waals surface area contributed by atoms with Gasteiger partial charge < -0.3 is 9.64 Å². The molecule has 2 aromatic carbocycles. The number of nitrogens with one attached hydrogen (secondary N) is 1. The molecule has 0 spiro atoms. The molecule has 0 saturated carbocycles. The molecule has 6 nitrogen and oxygen atoms in total. The Morgan fingerprint density at radius 2 is 1.73 bits per heavy atom. The van der Waals surface area contributed by atoms with Crippen molar-refractivity contribution in [3.8, 4) is 5.75 Å². The second-order valence-corrected chi connectivity index (χ2v) is 9.28. The predicted molar refractivity (Wildman–Crippen MR) is 117 cm³/mol. The molecule has 7 heteroatoms. The summed E-state index contributed by atoms with van der Waals surface area (Å²) in [5, 5.41) is 0.